The van der Waals surface area contributed by atoms with Gasteiger partial charge in [-0.3, -0.25) is 4.79 Å². The Morgan fingerprint density at radius 2 is 1.73 bits per heavy atom. The second-order valence-corrected chi connectivity index (χ2v) is 13.3. The summed E-state index contributed by atoms with van der Waals surface area (Å²) in [5.74, 6) is 0.645. The van der Waals surface area contributed by atoms with Gasteiger partial charge in [0.15, 0.2) is 6.61 Å². The van der Waals surface area contributed by atoms with E-state index in [-0.39, 0.29) is 71.6 Å². The van der Waals surface area contributed by atoms with Crippen molar-refractivity contribution in [2.24, 2.45) is 46.3 Å². The van der Waals surface area contributed by atoms with Gasteiger partial charge in [0.2, 0.25) is 0 Å². The fraction of sp³-hybridized carbons (Fsp3) is 0.933. The van der Waals surface area contributed by atoms with Crippen molar-refractivity contribution in [2.75, 3.05) is 13.2 Å². The van der Waals surface area contributed by atoms with Crippen molar-refractivity contribution < 1.29 is 34.4 Å². The lowest BCUT2D eigenvalue weighted by Gasteiger charge is -2.63. The zero-order valence-corrected chi connectivity index (χ0v) is 23.4. The van der Waals surface area contributed by atoms with Gasteiger partial charge >= 0.3 is 11.9 Å². The second-order valence-electron chi connectivity index (χ2n) is 13.3. The molecule has 0 aromatic heterocycles. The molecule has 0 aromatic rings. The standard InChI is InChI=1S/C30H50O7/c1-5-6-13-36-27(35)17-37-26(34)10-7-18(2)21-8-9-22-28-23(16-25(33)30(21,22)4)29(3)12-11-20(31)14-19(29)15-24(28)32/h18-25,28,31-33H,5-17H2,1-4H3. The van der Waals surface area contributed by atoms with Crippen LogP contribution in [0.4, 0.5) is 0 Å². The monoisotopic (exact) mass is 522 g/mol. The average Bonchev–Trinajstić information content (AvgIpc) is 3.21. The van der Waals surface area contributed by atoms with E-state index in [4.69, 9.17) is 9.47 Å². The highest BCUT2D eigenvalue weighted by Gasteiger charge is 2.65. The van der Waals surface area contributed by atoms with Crippen molar-refractivity contribution in [3.8, 4) is 0 Å². The molecule has 212 valence electrons. The largest absolute Gasteiger partial charge is 0.463 e. The summed E-state index contributed by atoms with van der Waals surface area (Å²) in [4.78, 5) is 24.0. The van der Waals surface area contributed by atoms with Gasteiger partial charge in [-0.05, 0) is 104 Å². The number of fused-ring (bicyclic) bond motifs is 5. The summed E-state index contributed by atoms with van der Waals surface area (Å²) in [6.45, 7) is 8.78. The molecule has 0 spiro atoms. The predicted molar refractivity (Wildman–Crippen MR) is 139 cm³/mol. The first kappa shape index (κ1) is 28.8. The molecule has 0 bridgehead atoms. The predicted octanol–water partition coefficient (Wildman–Crippen LogP) is 4.25. The highest BCUT2D eigenvalue weighted by atomic mass is 16.6. The summed E-state index contributed by atoms with van der Waals surface area (Å²) in [6, 6.07) is 0. The van der Waals surface area contributed by atoms with Gasteiger partial charge in [0.25, 0.3) is 0 Å². The van der Waals surface area contributed by atoms with Crippen LogP contribution in [0.25, 0.3) is 0 Å². The molecule has 4 aliphatic rings. The molecule has 37 heavy (non-hydrogen) atoms. The number of carbonyl (C=O) groups excluding carboxylic acids is 2. The second kappa shape index (κ2) is 11.5. The van der Waals surface area contributed by atoms with E-state index in [9.17, 15) is 24.9 Å². The molecular formula is C30H50O7. The van der Waals surface area contributed by atoms with Crippen LogP contribution in [-0.2, 0) is 19.1 Å². The van der Waals surface area contributed by atoms with Gasteiger partial charge < -0.3 is 24.8 Å². The van der Waals surface area contributed by atoms with E-state index in [0.717, 1.165) is 51.4 Å². The van der Waals surface area contributed by atoms with Crippen LogP contribution in [-0.4, -0.2) is 58.8 Å². The van der Waals surface area contributed by atoms with Crippen molar-refractivity contribution >= 4 is 11.9 Å². The minimum absolute atomic E-state index is 0.0661. The van der Waals surface area contributed by atoms with E-state index in [1.807, 2.05) is 6.92 Å². The first-order chi connectivity index (χ1) is 17.5. The van der Waals surface area contributed by atoms with Gasteiger partial charge in [0.1, 0.15) is 0 Å². The summed E-state index contributed by atoms with van der Waals surface area (Å²) < 4.78 is 10.2. The lowest BCUT2D eigenvalue weighted by Crippen LogP contribution is -2.62. The third kappa shape index (κ3) is 5.47. The normalized spacial score (nSPS) is 43.8. The van der Waals surface area contributed by atoms with E-state index >= 15 is 0 Å². The van der Waals surface area contributed by atoms with Crippen LogP contribution in [0.5, 0.6) is 0 Å². The molecule has 0 amide bonds. The molecule has 7 heteroatoms. The Labute approximate surface area is 222 Å². The van der Waals surface area contributed by atoms with Gasteiger partial charge in [-0.2, -0.15) is 0 Å². The maximum Gasteiger partial charge on any atom is 0.344 e. The van der Waals surface area contributed by atoms with Crippen molar-refractivity contribution in [1.29, 1.82) is 0 Å². The number of ether oxygens (including phenoxy) is 2. The Morgan fingerprint density at radius 1 is 0.973 bits per heavy atom. The molecule has 0 aliphatic heterocycles. The SMILES string of the molecule is CCCCOC(=O)COC(=O)CCC(C)C1CCC2C3C(O)CC4CC(O)CCC4(C)C3CC(O)C12C. The van der Waals surface area contributed by atoms with Crippen molar-refractivity contribution in [3.05, 3.63) is 0 Å². The molecule has 4 rings (SSSR count). The molecule has 3 N–H and O–H groups in total. The van der Waals surface area contributed by atoms with E-state index < -0.39 is 12.1 Å². The van der Waals surface area contributed by atoms with Crippen LogP contribution in [0.1, 0.15) is 98.3 Å². The topological polar surface area (TPSA) is 113 Å². The molecule has 4 saturated carbocycles. The fourth-order valence-electron chi connectivity index (χ4n) is 9.26. The van der Waals surface area contributed by atoms with E-state index in [1.165, 1.54) is 0 Å². The Bertz CT molecular complexity index is 816. The van der Waals surface area contributed by atoms with Gasteiger partial charge in [0, 0.05) is 6.42 Å². The van der Waals surface area contributed by atoms with Gasteiger partial charge in [-0.15, -0.1) is 0 Å². The molecular weight excluding hydrogens is 472 g/mol. The number of rotatable bonds is 9. The molecule has 4 aliphatic carbocycles. The average molecular weight is 523 g/mol. The number of carbonyl (C=O) groups is 2. The quantitative estimate of drug-likeness (QED) is 0.306. The van der Waals surface area contributed by atoms with Gasteiger partial charge in [-0.25, -0.2) is 4.79 Å². The molecule has 11 atom stereocenters. The molecule has 7 nitrogen and oxygen atoms in total. The van der Waals surface area contributed by atoms with Crippen molar-refractivity contribution in [3.63, 3.8) is 0 Å². The van der Waals surface area contributed by atoms with Crippen LogP contribution < -0.4 is 0 Å². The number of esters is 2. The maximum atomic E-state index is 12.3. The van der Waals surface area contributed by atoms with E-state index in [2.05, 4.69) is 20.8 Å². The van der Waals surface area contributed by atoms with E-state index in [1.54, 1.807) is 0 Å². The minimum Gasteiger partial charge on any atom is -0.463 e. The smallest absolute Gasteiger partial charge is 0.344 e. The first-order valence-electron chi connectivity index (χ1n) is 14.9. The lowest BCUT2D eigenvalue weighted by molar-refractivity contribution is -0.207. The van der Waals surface area contributed by atoms with Crippen molar-refractivity contribution in [1.82, 2.24) is 0 Å². The number of hydrogen-bond donors (Lipinski definition) is 3. The molecule has 4 fully saturated rings. The van der Waals surface area contributed by atoms with Crippen LogP contribution in [0.15, 0.2) is 0 Å². The summed E-state index contributed by atoms with van der Waals surface area (Å²) in [7, 11) is 0. The molecule has 0 aromatic carbocycles. The molecule has 0 radical (unpaired) electrons. The third-order valence-corrected chi connectivity index (χ3v) is 11.4. The first-order valence-corrected chi connectivity index (χ1v) is 14.9. The van der Waals surface area contributed by atoms with Crippen molar-refractivity contribution in [2.45, 2.75) is 117 Å². The van der Waals surface area contributed by atoms with E-state index in [0.29, 0.717) is 25.4 Å². The Hall–Kier alpha value is -1.18. The fourth-order valence-corrected chi connectivity index (χ4v) is 9.26. The van der Waals surface area contributed by atoms with Gasteiger partial charge in [0.05, 0.1) is 24.9 Å². The molecule has 11 unspecified atom stereocenters. The number of aliphatic hydroxyl groups is 3. The summed E-state index contributed by atoms with van der Waals surface area (Å²) >= 11 is 0. The number of hydrogen-bond acceptors (Lipinski definition) is 7. The zero-order valence-electron chi connectivity index (χ0n) is 23.4. The highest BCUT2D eigenvalue weighted by Crippen LogP contribution is 2.68. The maximum absolute atomic E-state index is 12.3. The summed E-state index contributed by atoms with van der Waals surface area (Å²) in [5, 5.41) is 33.4. The molecule has 0 heterocycles. The van der Waals surface area contributed by atoms with Gasteiger partial charge in [-0.1, -0.05) is 34.1 Å². The highest BCUT2D eigenvalue weighted by molar-refractivity contribution is 5.76. The number of aliphatic hydroxyl groups excluding tert-OH is 3. The van der Waals surface area contributed by atoms with Crippen LogP contribution in [0.3, 0.4) is 0 Å². The summed E-state index contributed by atoms with van der Waals surface area (Å²) in [6.07, 6.45) is 7.55. The Morgan fingerprint density at radius 3 is 2.46 bits per heavy atom. The van der Waals surface area contributed by atoms with Crippen LogP contribution >= 0.6 is 0 Å². The number of unbranched alkanes of at least 4 members (excludes halogenated alkanes) is 1. The Balaban J connectivity index is 1.37. The summed E-state index contributed by atoms with van der Waals surface area (Å²) in [5.41, 5.74) is -0.220. The lowest BCUT2D eigenvalue weighted by atomic mass is 9.43. The van der Waals surface area contributed by atoms with Crippen LogP contribution in [0, 0.1) is 46.3 Å². The third-order valence-electron chi connectivity index (χ3n) is 11.4. The Kier molecular flexibility index (Phi) is 8.97. The zero-order chi connectivity index (χ0) is 27.0. The van der Waals surface area contributed by atoms with Crippen LogP contribution in [0.2, 0.25) is 0 Å². The minimum atomic E-state index is -0.504. The molecule has 0 saturated heterocycles.